The second-order valence-corrected chi connectivity index (χ2v) is 12.8. The van der Waals surface area contributed by atoms with Crippen molar-refractivity contribution in [3.63, 3.8) is 0 Å². The average Bonchev–Trinajstić information content (AvgIpc) is 3.05. The van der Waals surface area contributed by atoms with E-state index in [0.717, 1.165) is 77.0 Å². The molecule has 0 fully saturated rings. The van der Waals surface area contributed by atoms with Gasteiger partial charge in [0.1, 0.15) is 6.61 Å². The van der Waals surface area contributed by atoms with Gasteiger partial charge in [-0.2, -0.15) is 0 Å². The van der Waals surface area contributed by atoms with Crippen LogP contribution in [0.5, 0.6) is 0 Å². The van der Waals surface area contributed by atoms with Gasteiger partial charge in [-0.25, -0.2) is 4.57 Å². The highest BCUT2D eigenvalue weighted by molar-refractivity contribution is 7.47. The minimum Gasteiger partial charge on any atom is -0.462 e. The molecule has 0 rings (SSSR count). The predicted octanol–water partition coefficient (Wildman–Crippen LogP) is 9.38. The van der Waals surface area contributed by atoms with Crippen LogP contribution in [0.25, 0.3) is 0 Å². The van der Waals surface area contributed by atoms with Crippen molar-refractivity contribution >= 4 is 19.8 Å². The summed E-state index contributed by atoms with van der Waals surface area (Å²) in [5, 5.41) is 0. The van der Waals surface area contributed by atoms with Crippen molar-refractivity contribution in [2.75, 3.05) is 26.4 Å². The van der Waals surface area contributed by atoms with Gasteiger partial charge < -0.3 is 20.1 Å². The zero-order valence-electron chi connectivity index (χ0n) is 29.2. The molecule has 0 aliphatic heterocycles. The monoisotopic (exact) mass is 681 g/mol. The lowest BCUT2D eigenvalue weighted by Gasteiger charge is -2.19. The molecule has 10 heteroatoms. The molecule has 0 heterocycles. The molecule has 0 amide bonds. The minimum atomic E-state index is -4.38. The number of nitrogens with two attached hydrogens (primary N) is 1. The van der Waals surface area contributed by atoms with E-state index >= 15 is 0 Å². The molecule has 0 saturated heterocycles. The van der Waals surface area contributed by atoms with Crippen molar-refractivity contribution in [1.29, 1.82) is 0 Å². The summed E-state index contributed by atoms with van der Waals surface area (Å²) in [5.74, 6) is -0.898. The van der Waals surface area contributed by atoms with E-state index in [4.69, 9.17) is 24.3 Å². The molecule has 0 aliphatic rings. The van der Waals surface area contributed by atoms with Crippen molar-refractivity contribution in [2.45, 2.75) is 136 Å². The molecule has 47 heavy (non-hydrogen) atoms. The number of carbonyl (C=O) groups is 2. The van der Waals surface area contributed by atoms with E-state index < -0.39 is 32.5 Å². The number of carbonyl (C=O) groups excluding carboxylic acids is 2. The smallest absolute Gasteiger partial charge is 0.462 e. The van der Waals surface area contributed by atoms with E-state index in [2.05, 4.69) is 74.6 Å². The number of phosphoric acid groups is 1. The van der Waals surface area contributed by atoms with Crippen LogP contribution in [0.3, 0.4) is 0 Å². The van der Waals surface area contributed by atoms with Gasteiger partial charge in [0.05, 0.1) is 13.2 Å². The standard InChI is InChI=1S/C37H64NO8P/c1-3-5-7-9-11-13-15-16-17-18-20-22-24-26-28-30-37(40)46-35(34-45-47(41,42)44-32-31-38)33-43-36(39)29-27-25-23-21-19-14-12-10-8-6-4-2/h5,7,10-13,16-17,20,22,35H,3-4,6,8-9,14-15,18-19,21,23-34,38H2,1-2H3,(H,41,42)/t35-/m1/s1. The van der Waals surface area contributed by atoms with E-state index in [1.807, 2.05) is 0 Å². The van der Waals surface area contributed by atoms with Gasteiger partial charge in [-0.1, -0.05) is 107 Å². The predicted molar refractivity (Wildman–Crippen MR) is 192 cm³/mol. The minimum absolute atomic E-state index is 0.0426. The van der Waals surface area contributed by atoms with Crippen LogP contribution in [0.2, 0.25) is 0 Å². The number of unbranched alkanes of at least 4 members (excludes halogenated alkanes) is 9. The number of phosphoric ester groups is 1. The van der Waals surface area contributed by atoms with Gasteiger partial charge in [0.2, 0.25) is 0 Å². The molecule has 0 aliphatic carbocycles. The van der Waals surface area contributed by atoms with E-state index in [0.29, 0.717) is 12.8 Å². The highest BCUT2D eigenvalue weighted by Crippen LogP contribution is 2.43. The van der Waals surface area contributed by atoms with E-state index in [-0.39, 0.29) is 32.6 Å². The van der Waals surface area contributed by atoms with E-state index in [1.165, 1.54) is 12.8 Å². The highest BCUT2D eigenvalue weighted by Gasteiger charge is 2.25. The zero-order chi connectivity index (χ0) is 34.7. The molecule has 2 atom stereocenters. The Morgan fingerprint density at radius 2 is 1.17 bits per heavy atom. The van der Waals surface area contributed by atoms with Crippen molar-refractivity contribution in [3.05, 3.63) is 60.8 Å². The molecular formula is C37H64NO8P. The number of ether oxygens (including phenoxy) is 2. The Kier molecular flexibility index (Phi) is 32.0. The largest absolute Gasteiger partial charge is 0.472 e. The Labute approximate surface area is 285 Å². The summed E-state index contributed by atoms with van der Waals surface area (Å²) in [6.07, 6.45) is 36.9. The van der Waals surface area contributed by atoms with Crippen molar-refractivity contribution in [3.8, 4) is 0 Å². The summed E-state index contributed by atoms with van der Waals surface area (Å²) in [6.45, 7) is 3.48. The van der Waals surface area contributed by atoms with E-state index in [9.17, 15) is 19.0 Å². The molecule has 0 bridgehead atoms. The molecule has 3 N–H and O–H groups in total. The molecule has 0 spiro atoms. The summed E-state index contributed by atoms with van der Waals surface area (Å²) >= 11 is 0. The SMILES string of the molecule is CCC=CCC=CCC=CCC=CCCCCC(=O)O[C@H](COC(=O)CCCCCCCC=CCCCC)COP(=O)(O)OCCN. The van der Waals surface area contributed by atoms with Gasteiger partial charge >= 0.3 is 19.8 Å². The van der Waals surface area contributed by atoms with Crippen LogP contribution in [-0.4, -0.2) is 49.3 Å². The fourth-order valence-electron chi connectivity index (χ4n) is 4.25. The summed E-state index contributed by atoms with van der Waals surface area (Å²) in [6, 6.07) is 0. The van der Waals surface area contributed by atoms with E-state index in [1.54, 1.807) is 0 Å². The summed E-state index contributed by atoms with van der Waals surface area (Å²) < 4.78 is 32.5. The van der Waals surface area contributed by atoms with Gasteiger partial charge in [-0.05, 0) is 70.6 Å². The Morgan fingerprint density at radius 1 is 0.660 bits per heavy atom. The quantitative estimate of drug-likeness (QED) is 0.0308. The normalized spacial score (nSPS) is 14.2. The van der Waals surface area contributed by atoms with Gasteiger partial charge in [0.25, 0.3) is 0 Å². The molecule has 270 valence electrons. The zero-order valence-corrected chi connectivity index (χ0v) is 30.1. The Bertz CT molecular complexity index is 960. The molecule has 1 unspecified atom stereocenters. The highest BCUT2D eigenvalue weighted by atomic mass is 31.2. The van der Waals surface area contributed by atoms with Crippen molar-refractivity contribution in [2.24, 2.45) is 5.73 Å². The van der Waals surface area contributed by atoms with Crippen LogP contribution in [0.1, 0.15) is 129 Å². The number of hydrogen-bond donors (Lipinski definition) is 2. The number of hydrogen-bond acceptors (Lipinski definition) is 8. The van der Waals surface area contributed by atoms with Gasteiger partial charge in [-0.15, -0.1) is 0 Å². The number of allylic oxidation sites excluding steroid dienone is 10. The molecule has 0 saturated carbocycles. The van der Waals surface area contributed by atoms with Gasteiger partial charge in [0, 0.05) is 19.4 Å². The van der Waals surface area contributed by atoms with Gasteiger partial charge in [-0.3, -0.25) is 18.6 Å². The Morgan fingerprint density at radius 3 is 1.81 bits per heavy atom. The fraction of sp³-hybridized carbons (Fsp3) is 0.676. The molecule has 9 nitrogen and oxygen atoms in total. The molecule has 0 aromatic heterocycles. The Hall–Kier alpha value is -2.29. The Balaban J connectivity index is 4.37. The third-order valence-electron chi connectivity index (χ3n) is 6.89. The number of rotatable bonds is 32. The molecule has 0 aromatic rings. The fourth-order valence-corrected chi connectivity index (χ4v) is 5.02. The topological polar surface area (TPSA) is 134 Å². The average molecular weight is 682 g/mol. The number of esters is 2. The lowest BCUT2D eigenvalue weighted by atomic mass is 10.1. The second kappa shape index (κ2) is 33.6. The lowest BCUT2D eigenvalue weighted by molar-refractivity contribution is -0.161. The first-order valence-corrected chi connectivity index (χ1v) is 19.3. The third kappa shape index (κ3) is 33.4. The first-order valence-electron chi connectivity index (χ1n) is 17.8. The maximum Gasteiger partial charge on any atom is 0.472 e. The van der Waals surface area contributed by atoms with Crippen molar-refractivity contribution in [1.82, 2.24) is 0 Å². The maximum atomic E-state index is 12.5. The first kappa shape index (κ1) is 44.7. The molecular weight excluding hydrogens is 617 g/mol. The third-order valence-corrected chi connectivity index (χ3v) is 7.87. The van der Waals surface area contributed by atoms with Crippen molar-refractivity contribution < 1.29 is 37.6 Å². The van der Waals surface area contributed by atoms with Crippen LogP contribution in [-0.2, 0) is 32.7 Å². The molecule has 0 aromatic carbocycles. The van der Waals surface area contributed by atoms with Crippen LogP contribution in [0.4, 0.5) is 0 Å². The lowest BCUT2D eigenvalue weighted by Crippen LogP contribution is -2.29. The van der Waals surface area contributed by atoms with Crippen LogP contribution < -0.4 is 5.73 Å². The summed E-state index contributed by atoms with van der Waals surface area (Å²) in [4.78, 5) is 34.6. The van der Waals surface area contributed by atoms with Gasteiger partial charge in [0.15, 0.2) is 6.10 Å². The maximum absolute atomic E-state index is 12.5. The van der Waals surface area contributed by atoms with Crippen LogP contribution >= 0.6 is 7.82 Å². The van der Waals surface area contributed by atoms with Crippen LogP contribution in [0, 0.1) is 0 Å². The summed E-state index contributed by atoms with van der Waals surface area (Å²) in [7, 11) is -4.38. The first-order chi connectivity index (χ1) is 22.8. The molecule has 0 radical (unpaired) electrons. The summed E-state index contributed by atoms with van der Waals surface area (Å²) in [5.41, 5.74) is 5.32. The second-order valence-electron chi connectivity index (χ2n) is 11.3. The van der Waals surface area contributed by atoms with Crippen LogP contribution in [0.15, 0.2) is 60.8 Å².